The van der Waals surface area contributed by atoms with E-state index in [-0.39, 0.29) is 0 Å². The maximum atomic E-state index is 12.6. The van der Waals surface area contributed by atoms with Crippen LogP contribution in [0.2, 0.25) is 0 Å². The molecule has 2 atom stereocenters. The number of carbonyl (C=O) groups excluding carboxylic acids is 1. The van der Waals surface area contributed by atoms with Gasteiger partial charge in [-0.2, -0.15) is 11.3 Å². The van der Waals surface area contributed by atoms with E-state index in [4.69, 9.17) is 5.73 Å². The van der Waals surface area contributed by atoms with Gasteiger partial charge in [0.05, 0.1) is 6.04 Å². The fourth-order valence-corrected chi connectivity index (χ4v) is 4.13. The summed E-state index contributed by atoms with van der Waals surface area (Å²) in [5.74, 6) is 0.952. The van der Waals surface area contributed by atoms with Gasteiger partial charge in [0, 0.05) is 13.0 Å². The van der Waals surface area contributed by atoms with E-state index in [9.17, 15) is 4.79 Å². The number of nitrogens with two attached hydrogens (primary N) is 1. The van der Waals surface area contributed by atoms with Gasteiger partial charge in [-0.1, -0.05) is 19.8 Å². The van der Waals surface area contributed by atoms with E-state index in [0.717, 1.165) is 38.8 Å². The first-order valence-electron chi connectivity index (χ1n) is 8.27. The monoisotopic (exact) mass is 308 g/mol. The first-order valence-corrected chi connectivity index (χ1v) is 9.22. The van der Waals surface area contributed by atoms with Crippen molar-refractivity contribution in [3.8, 4) is 0 Å². The van der Waals surface area contributed by atoms with E-state index in [2.05, 4.69) is 28.7 Å². The number of amides is 1. The van der Waals surface area contributed by atoms with Crippen molar-refractivity contribution in [2.24, 2.45) is 11.7 Å². The lowest BCUT2D eigenvalue weighted by molar-refractivity contribution is -0.132. The Morgan fingerprint density at radius 1 is 1.48 bits per heavy atom. The highest BCUT2D eigenvalue weighted by molar-refractivity contribution is 7.07. The number of nitrogens with zero attached hydrogens (tertiary/aromatic N) is 1. The number of thiophene rings is 1. The van der Waals surface area contributed by atoms with Gasteiger partial charge in [-0.05, 0) is 60.5 Å². The second-order valence-electron chi connectivity index (χ2n) is 6.07. The zero-order chi connectivity index (χ0) is 15.1. The molecule has 2 unspecified atom stereocenters. The normalized spacial score (nSPS) is 19.9. The van der Waals surface area contributed by atoms with Crippen LogP contribution in [0.1, 0.15) is 63.5 Å². The second-order valence-corrected chi connectivity index (χ2v) is 6.85. The summed E-state index contributed by atoms with van der Waals surface area (Å²) in [5, 5.41) is 4.29. The van der Waals surface area contributed by atoms with Crippen molar-refractivity contribution in [2.45, 2.75) is 57.9 Å². The molecule has 21 heavy (non-hydrogen) atoms. The number of hydrogen-bond acceptors (Lipinski definition) is 3. The molecule has 1 saturated heterocycles. The SMILES string of the molecule is CCCC(CCN)CCC(=O)N1CCCC1c1ccsc1. The van der Waals surface area contributed by atoms with Crippen molar-refractivity contribution in [3.63, 3.8) is 0 Å². The van der Waals surface area contributed by atoms with Gasteiger partial charge >= 0.3 is 0 Å². The fourth-order valence-electron chi connectivity index (χ4n) is 3.42. The number of hydrogen-bond donors (Lipinski definition) is 1. The highest BCUT2D eigenvalue weighted by atomic mass is 32.1. The third kappa shape index (κ3) is 4.55. The lowest BCUT2D eigenvalue weighted by Gasteiger charge is -2.25. The molecule has 1 aromatic rings. The topological polar surface area (TPSA) is 46.3 Å². The Kier molecular flexibility index (Phi) is 6.71. The van der Waals surface area contributed by atoms with Gasteiger partial charge in [0.1, 0.15) is 0 Å². The summed E-state index contributed by atoms with van der Waals surface area (Å²) >= 11 is 1.72. The molecule has 0 bridgehead atoms. The minimum Gasteiger partial charge on any atom is -0.336 e. The van der Waals surface area contributed by atoms with Gasteiger partial charge in [0.15, 0.2) is 0 Å². The van der Waals surface area contributed by atoms with Crippen LogP contribution in [0.3, 0.4) is 0 Å². The number of rotatable bonds is 8. The molecular formula is C17H28N2OS. The first kappa shape index (κ1) is 16.5. The van der Waals surface area contributed by atoms with Gasteiger partial charge in [-0.3, -0.25) is 4.79 Å². The smallest absolute Gasteiger partial charge is 0.223 e. The standard InChI is InChI=1S/C17H28N2OS/c1-2-4-14(8-10-18)6-7-17(20)19-11-3-5-16(19)15-9-12-21-13-15/h9,12-14,16H,2-8,10-11,18H2,1H3. The molecule has 1 fully saturated rings. The third-order valence-corrected chi connectivity index (χ3v) is 5.24. The lowest BCUT2D eigenvalue weighted by Crippen LogP contribution is -2.30. The van der Waals surface area contributed by atoms with Crippen LogP contribution in [0.25, 0.3) is 0 Å². The van der Waals surface area contributed by atoms with Gasteiger partial charge in [0.25, 0.3) is 0 Å². The van der Waals surface area contributed by atoms with Crippen molar-refractivity contribution in [3.05, 3.63) is 22.4 Å². The van der Waals surface area contributed by atoms with Gasteiger partial charge in [-0.15, -0.1) is 0 Å². The summed E-state index contributed by atoms with van der Waals surface area (Å²) in [4.78, 5) is 14.7. The van der Waals surface area contributed by atoms with Crippen LogP contribution in [0.15, 0.2) is 16.8 Å². The number of likely N-dealkylation sites (tertiary alicyclic amines) is 1. The summed E-state index contributed by atoms with van der Waals surface area (Å²) in [6, 6.07) is 2.48. The predicted octanol–water partition coefficient (Wildman–Crippen LogP) is 3.96. The first-order chi connectivity index (χ1) is 10.3. The molecule has 0 radical (unpaired) electrons. The van der Waals surface area contributed by atoms with Crippen LogP contribution in [-0.2, 0) is 4.79 Å². The molecule has 1 aliphatic rings. The molecule has 118 valence electrons. The predicted molar refractivity (Wildman–Crippen MR) is 89.3 cm³/mol. The molecule has 0 saturated carbocycles. The van der Waals surface area contributed by atoms with E-state index in [1.807, 2.05) is 0 Å². The van der Waals surface area contributed by atoms with Crippen molar-refractivity contribution in [1.82, 2.24) is 4.90 Å². The molecule has 2 rings (SSSR count). The van der Waals surface area contributed by atoms with Gasteiger partial charge in [-0.25, -0.2) is 0 Å². The summed E-state index contributed by atoms with van der Waals surface area (Å²) in [7, 11) is 0. The average Bonchev–Trinajstić information content (AvgIpc) is 3.14. The van der Waals surface area contributed by atoms with Crippen LogP contribution in [0.5, 0.6) is 0 Å². The van der Waals surface area contributed by atoms with Crippen LogP contribution < -0.4 is 5.73 Å². The molecule has 1 amide bonds. The van der Waals surface area contributed by atoms with Crippen LogP contribution >= 0.6 is 11.3 Å². The quantitative estimate of drug-likeness (QED) is 0.790. The third-order valence-electron chi connectivity index (χ3n) is 4.54. The summed E-state index contributed by atoms with van der Waals surface area (Å²) < 4.78 is 0. The maximum Gasteiger partial charge on any atom is 0.223 e. The Morgan fingerprint density at radius 2 is 2.33 bits per heavy atom. The van der Waals surface area contributed by atoms with E-state index < -0.39 is 0 Å². The van der Waals surface area contributed by atoms with Crippen molar-refractivity contribution < 1.29 is 4.79 Å². The Hall–Kier alpha value is -0.870. The Bertz CT molecular complexity index is 412. The minimum absolute atomic E-state index is 0.322. The van der Waals surface area contributed by atoms with Gasteiger partial charge in [0.2, 0.25) is 5.91 Å². The highest BCUT2D eigenvalue weighted by Crippen LogP contribution is 2.34. The Morgan fingerprint density at radius 3 is 3.00 bits per heavy atom. The van der Waals surface area contributed by atoms with Gasteiger partial charge < -0.3 is 10.6 Å². The maximum absolute atomic E-state index is 12.6. The van der Waals surface area contributed by atoms with Crippen molar-refractivity contribution in [2.75, 3.05) is 13.1 Å². The molecule has 3 nitrogen and oxygen atoms in total. The van der Waals surface area contributed by atoms with Crippen molar-refractivity contribution >= 4 is 17.2 Å². The Labute approximate surface area is 132 Å². The van der Waals surface area contributed by atoms with Crippen LogP contribution in [-0.4, -0.2) is 23.9 Å². The zero-order valence-corrected chi connectivity index (χ0v) is 13.9. The van der Waals surface area contributed by atoms with Crippen LogP contribution in [0.4, 0.5) is 0 Å². The molecule has 4 heteroatoms. The van der Waals surface area contributed by atoms with Crippen LogP contribution in [0, 0.1) is 5.92 Å². The molecular weight excluding hydrogens is 280 g/mol. The Balaban J connectivity index is 1.87. The summed E-state index contributed by atoms with van der Waals surface area (Å²) in [6.45, 7) is 3.87. The largest absolute Gasteiger partial charge is 0.336 e. The molecule has 1 aliphatic heterocycles. The molecule has 1 aromatic heterocycles. The fraction of sp³-hybridized carbons (Fsp3) is 0.706. The number of carbonyl (C=O) groups is 1. The molecule has 2 N–H and O–H groups in total. The molecule has 2 heterocycles. The molecule has 0 aliphatic carbocycles. The lowest BCUT2D eigenvalue weighted by atomic mass is 9.94. The molecule has 0 aromatic carbocycles. The summed E-state index contributed by atoms with van der Waals surface area (Å²) in [6.07, 6.45) is 7.35. The van der Waals surface area contributed by atoms with Crippen molar-refractivity contribution in [1.29, 1.82) is 0 Å². The average molecular weight is 308 g/mol. The second kappa shape index (κ2) is 8.54. The van der Waals surface area contributed by atoms with E-state index >= 15 is 0 Å². The summed E-state index contributed by atoms with van der Waals surface area (Å²) in [5.41, 5.74) is 7.00. The minimum atomic E-state index is 0.322. The molecule has 0 spiro atoms. The van der Waals surface area contributed by atoms with E-state index in [1.54, 1.807) is 11.3 Å². The van der Waals surface area contributed by atoms with E-state index in [1.165, 1.54) is 18.4 Å². The highest BCUT2D eigenvalue weighted by Gasteiger charge is 2.29. The zero-order valence-electron chi connectivity index (χ0n) is 13.1. The van der Waals surface area contributed by atoms with E-state index in [0.29, 0.717) is 24.3 Å².